The molecule has 0 N–H and O–H groups in total. The Bertz CT molecular complexity index is 745. The summed E-state index contributed by atoms with van der Waals surface area (Å²) in [6.45, 7) is 6.49. The molecular formula is C26H35NO2. The lowest BCUT2D eigenvalue weighted by Crippen LogP contribution is -2.36. The molecule has 1 atom stereocenters. The molecule has 1 aliphatic heterocycles. The molecule has 2 aromatic carbocycles. The van der Waals surface area contributed by atoms with Crippen molar-refractivity contribution in [3.63, 3.8) is 0 Å². The quantitative estimate of drug-likeness (QED) is 0.544. The van der Waals surface area contributed by atoms with Crippen molar-refractivity contribution in [1.29, 1.82) is 0 Å². The van der Waals surface area contributed by atoms with Gasteiger partial charge in [0.2, 0.25) is 0 Å². The summed E-state index contributed by atoms with van der Waals surface area (Å²) in [5.74, 6) is 0.871. The van der Waals surface area contributed by atoms with Gasteiger partial charge in [-0.15, -0.1) is 0 Å². The Hall–Kier alpha value is -2.29. The predicted octanol–water partition coefficient (Wildman–Crippen LogP) is 7.10. The molecule has 1 aliphatic carbocycles. The molecule has 3 nitrogen and oxygen atoms in total. The van der Waals surface area contributed by atoms with Gasteiger partial charge in [-0.05, 0) is 63.5 Å². The third-order valence-corrected chi connectivity index (χ3v) is 5.69. The highest BCUT2D eigenvalue weighted by Gasteiger charge is 2.32. The molecule has 0 aromatic heterocycles. The minimum absolute atomic E-state index is 0.168. The SMILES string of the molecule is CC(C)(C)OC(=O)N1CCCC1c1ccccc1.c1ccc(C2CCCC2)cc1. The van der Waals surface area contributed by atoms with E-state index in [4.69, 9.17) is 4.74 Å². The molecule has 2 aromatic rings. The van der Waals surface area contributed by atoms with E-state index < -0.39 is 5.60 Å². The van der Waals surface area contributed by atoms with Gasteiger partial charge in [-0.2, -0.15) is 0 Å². The molecule has 3 heteroatoms. The number of rotatable bonds is 2. The second kappa shape index (κ2) is 9.96. The zero-order valence-electron chi connectivity index (χ0n) is 18.1. The molecule has 1 amide bonds. The number of nitrogens with zero attached hydrogens (tertiary/aromatic N) is 1. The summed E-state index contributed by atoms with van der Waals surface area (Å²) in [6.07, 6.45) is 7.53. The van der Waals surface area contributed by atoms with Crippen LogP contribution in [0, 0.1) is 0 Å². The van der Waals surface area contributed by atoms with Gasteiger partial charge in [0.25, 0.3) is 0 Å². The van der Waals surface area contributed by atoms with Gasteiger partial charge in [-0.3, -0.25) is 0 Å². The molecule has 1 saturated heterocycles. The molecule has 0 spiro atoms. The van der Waals surface area contributed by atoms with E-state index in [1.54, 1.807) is 5.56 Å². The summed E-state index contributed by atoms with van der Waals surface area (Å²) in [6, 6.07) is 21.3. The first-order chi connectivity index (χ1) is 13.9. The van der Waals surface area contributed by atoms with E-state index in [0.29, 0.717) is 0 Å². The molecule has 2 aliphatic rings. The standard InChI is InChI=1S/C15H21NO2.C11H14/c1-15(2,3)18-14(17)16-11-7-10-13(16)12-8-5-4-6-9-12;1-2-6-10(7-3-1)11-8-4-5-9-11/h4-6,8-9,13H,7,10-11H2,1-3H3;1-3,6-7,11H,4-5,8-9H2. The van der Waals surface area contributed by atoms with Gasteiger partial charge in [-0.25, -0.2) is 4.79 Å². The maximum atomic E-state index is 12.1. The van der Waals surface area contributed by atoms with E-state index in [2.05, 4.69) is 42.5 Å². The molecule has 2 fully saturated rings. The predicted molar refractivity (Wildman–Crippen MR) is 119 cm³/mol. The van der Waals surface area contributed by atoms with Crippen molar-refractivity contribution >= 4 is 6.09 Å². The van der Waals surface area contributed by atoms with Crippen LogP contribution in [0.4, 0.5) is 4.79 Å². The minimum atomic E-state index is -0.430. The normalized spacial score (nSPS) is 19.6. The van der Waals surface area contributed by atoms with Crippen LogP contribution in [-0.4, -0.2) is 23.1 Å². The summed E-state index contributed by atoms with van der Waals surface area (Å²) in [5, 5.41) is 0. The van der Waals surface area contributed by atoms with Gasteiger partial charge in [0.1, 0.15) is 5.60 Å². The van der Waals surface area contributed by atoms with E-state index in [9.17, 15) is 4.79 Å². The number of carbonyl (C=O) groups is 1. The summed E-state index contributed by atoms with van der Waals surface area (Å²) in [7, 11) is 0. The third-order valence-electron chi connectivity index (χ3n) is 5.69. The first-order valence-corrected chi connectivity index (χ1v) is 11.0. The third kappa shape index (κ3) is 6.35. The molecule has 4 rings (SSSR count). The number of hydrogen-bond donors (Lipinski definition) is 0. The van der Waals surface area contributed by atoms with Crippen molar-refractivity contribution in [2.75, 3.05) is 6.54 Å². The number of hydrogen-bond acceptors (Lipinski definition) is 2. The summed E-state index contributed by atoms with van der Waals surface area (Å²) >= 11 is 0. The maximum absolute atomic E-state index is 12.1. The summed E-state index contributed by atoms with van der Waals surface area (Å²) < 4.78 is 5.46. The molecular weight excluding hydrogens is 358 g/mol. The lowest BCUT2D eigenvalue weighted by molar-refractivity contribution is 0.0224. The van der Waals surface area contributed by atoms with Crippen LogP contribution in [0.2, 0.25) is 0 Å². The lowest BCUT2D eigenvalue weighted by Gasteiger charge is -2.28. The van der Waals surface area contributed by atoms with Crippen LogP contribution in [0.5, 0.6) is 0 Å². The highest BCUT2D eigenvalue weighted by Crippen LogP contribution is 2.34. The van der Waals surface area contributed by atoms with Gasteiger partial charge < -0.3 is 9.64 Å². The highest BCUT2D eigenvalue weighted by molar-refractivity contribution is 5.69. The zero-order chi connectivity index (χ0) is 20.7. The number of benzene rings is 2. The van der Waals surface area contributed by atoms with Crippen molar-refractivity contribution in [3.05, 3.63) is 71.8 Å². The molecule has 1 saturated carbocycles. The summed E-state index contributed by atoms with van der Waals surface area (Å²) in [5.41, 5.74) is 2.31. The first kappa shape index (κ1) is 21.4. The second-order valence-corrected chi connectivity index (χ2v) is 9.13. The van der Waals surface area contributed by atoms with Crippen LogP contribution in [0.25, 0.3) is 0 Å². The van der Waals surface area contributed by atoms with Crippen LogP contribution < -0.4 is 0 Å². The average molecular weight is 394 g/mol. The van der Waals surface area contributed by atoms with Gasteiger partial charge in [0, 0.05) is 6.54 Å². The number of ether oxygens (including phenoxy) is 1. The van der Waals surface area contributed by atoms with Gasteiger partial charge >= 0.3 is 6.09 Å². The van der Waals surface area contributed by atoms with Crippen LogP contribution in [0.15, 0.2) is 60.7 Å². The first-order valence-electron chi connectivity index (χ1n) is 11.0. The van der Waals surface area contributed by atoms with E-state index in [1.807, 2.05) is 43.9 Å². The fourth-order valence-corrected chi connectivity index (χ4v) is 4.31. The number of amides is 1. The molecule has 1 heterocycles. The Morgan fingerprint density at radius 1 is 0.828 bits per heavy atom. The fourth-order valence-electron chi connectivity index (χ4n) is 4.31. The molecule has 0 radical (unpaired) electrons. The van der Waals surface area contributed by atoms with Gasteiger partial charge in [-0.1, -0.05) is 73.5 Å². The van der Waals surface area contributed by atoms with Crippen LogP contribution >= 0.6 is 0 Å². The second-order valence-electron chi connectivity index (χ2n) is 9.13. The van der Waals surface area contributed by atoms with Crippen LogP contribution in [-0.2, 0) is 4.74 Å². The van der Waals surface area contributed by atoms with E-state index in [-0.39, 0.29) is 12.1 Å². The van der Waals surface area contributed by atoms with Crippen molar-refractivity contribution in [2.45, 2.75) is 76.9 Å². The maximum Gasteiger partial charge on any atom is 0.410 e. The average Bonchev–Trinajstić information content (AvgIpc) is 3.41. The Kier molecular flexibility index (Phi) is 7.35. The van der Waals surface area contributed by atoms with E-state index in [1.165, 1.54) is 31.2 Å². The Morgan fingerprint density at radius 3 is 1.93 bits per heavy atom. The highest BCUT2D eigenvalue weighted by atomic mass is 16.6. The summed E-state index contributed by atoms with van der Waals surface area (Å²) in [4.78, 5) is 14.0. The lowest BCUT2D eigenvalue weighted by atomic mass is 9.98. The fraction of sp³-hybridized carbons (Fsp3) is 0.500. The Balaban J connectivity index is 0.000000186. The van der Waals surface area contributed by atoms with Crippen molar-refractivity contribution in [3.8, 4) is 0 Å². The van der Waals surface area contributed by atoms with Crippen LogP contribution in [0.1, 0.15) is 82.4 Å². The van der Waals surface area contributed by atoms with E-state index in [0.717, 1.165) is 25.3 Å². The van der Waals surface area contributed by atoms with Crippen molar-refractivity contribution < 1.29 is 9.53 Å². The molecule has 1 unspecified atom stereocenters. The molecule has 0 bridgehead atoms. The zero-order valence-corrected chi connectivity index (χ0v) is 18.1. The van der Waals surface area contributed by atoms with Crippen LogP contribution in [0.3, 0.4) is 0 Å². The molecule has 156 valence electrons. The van der Waals surface area contributed by atoms with Crippen molar-refractivity contribution in [1.82, 2.24) is 4.90 Å². The number of likely N-dealkylation sites (tertiary alicyclic amines) is 1. The largest absolute Gasteiger partial charge is 0.444 e. The Morgan fingerprint density at radius 2 is 1.38 bits per heavy atom. The minimum Gasteiger partial charge on any atom is -0.444 e. The van der Waals surface area contributed by atoms with Gasteiger partial charge in [0.05, 0.1) is 6.04 Å². The monoisotopic (exact) mass is 393 g/mol. The smallest absolute Gasteiger partial charge is 0.410 e. The van der Waals surface area contributed by atoms with Gasteiger partial charge in [0.15, 0.2) is 0 Å². The van der Waals surface area contributed by atoms with Crippen molar-refractivity contribution in [2.24, 2.45) is 0 Å². The Labute approximate surface area is 176 Å². The molecule has 29 heavy (non-hydrogen) atoms. The topological polar surface area (TPSA) is 29.5 Å². The number of carbonyl (C=O) groups excluding carboxylic acids is 1. The van der Waals surface area contributed by atoms with E-state index >= 15 is 0 Å².